The van der Waals surface area contributed by atoms with Gasteiger partial charge < -0.3 is 4.74 Å². The Balaban J connectivity index is 1.46. The third-order valence-electron chi connectivity index (χ3n) is 11.4. The maximum absolute atomic E-state index is 11.8. The molecule has 0 bridgehead atoms. The second kappa shape index (κ2) is 8.99. The van der Waals surface area contributed by atoms with Crippen LogP contribution in [0.25, 0.3) is 0 Å². The number of nitrogens with zero attached hydrogens (tertiary/aromatic N) is 1. The van der Waals surface area contributed by atoms with E-state index in [2.05, 4.69) is 39.6 Å². The van der Waals surface area contributed by atoms with Crippen molar-refractivity contribution in [3.8, 4) is 0 Å². The Morgan fingerprint density at radius 2 is 1.74 bits per heavy atom. The third kappa shape index (κ3) is 4.00. The summed E-state index contributed by atoms with van der Waals surface area (Å²) in [6.45, 7) is 10.7. The number of carbonyl (C=O) groups excluding carboxylic acids is 1. The largest absolute Gasteiger partial charge is 0.468 e. The number of rotatable bonds is 6. The minimum absolute atomic E-state index is 0.0980. The number of methoxy groups -OCH3 is 1. The Morgan fingerprint density at radius 1 is 1.03 bits per heavy atom. The van der Waals surface area contributed by atoms with E-state index < -0.39 is 0 Å². The molecule has 0 aromatic heterocycles. The van der Waals surface area contributed by atoms with Gasteiger partial charge in [-0.2, -0.15) is 0 Å². The Labute approximate surface area is 192 Å². The average molecular weight is 432 g/mol. The smallest absolute Gasteiger partial charge is 0.319 e. The number of fused-ring (bicyclic) bond motifs is 5. The zero-order valence-electron chi connectivity index (χ0n) is 21.3. The third-order valence-corrected chi connectivity index (χ3v) is 11.4. The normalized spacial score (nSPS) is 45.5. The van der Waals surface area contributed by atoms with Crippen molar-refractivity contribution in [1.29, 1.82) is 0 Å². The van der Waals surface area contributed by atoms with Crippen LogP contribution < -0.4 is 0 Å². The van der Waals surface area contributed by atoms with Crippen LogP contribution in [0.1, 0.15) is 98.3 Å². The van der Waals surface area contributed by atoms with Crippen molar-refractivity contribution in [2.24, 2.45) is 46.3 Å². The molecule has 5 unspecified atom stereocenters. The van der Waals surface area contributed by atoms with E-state index in [0.29, 0.717) is 23.4 Å². The molecule has 0 heterocycles. The topological polar surface area (TPSA) is 29.5 Å². The summed E-state index contributed by atoms with van der Waals surface area (Å²) in [5, 5.41) is 0. The van der Waals surface area contributed by atoms with Gasteiger partial charge in [-0.3, -0.25) is 9.69 Å². The fraction of sp³-hybridized carbons (Fsp3) is 0.964. The molecule has 4 rings (SSSR count). The number of likely N-dealkylation sites (N-methyl/N-ethyl adjacent to an activating group) is 1. The van der Waals surface area contributed by atoms with Gasteiger partial charge in [-0.1, -0.05) is 40.5 Å². The fourth-order valence-electron chi connectivity index (χ4n) is 9.66. The van der Waals surface area contributed by atoms with Crippen molar-refractivity contribution in [2.45, 2.75) is 104 Å². The predicted molar refractivity (Wildman–Crippen MR) is 128 cm³/mol. The maximum atomic E-state index is 11.8. The van der Waals surface area contributed by atoms with E-state index in [0.717, 1.165) is 35.5 Å². The van der Waals surface area contributed by atoms with Gasteiger partial charge in [0.2, 0.25) is 0 Å². The molecular weight excluding hydrogens is 382 g/mol. The maximum Gasteiger partial charge on any atom is 0.319 e. The molecule has 0 aromatic rings. The summed E-state index contributed by atoms with van der Waals surface area (Å²) in [5.74, 6) is 5.51. The van der Waals surface area contributed by atoms with Crippen LogP contribution in [0.15, 0.2) is 0 Å². The first-order valence-corrected chi connectivity index (χ1v) is 13.5. The van der Waals surface area contributed by atoms with Crippen LogP contribution in [-0.2, 0) is 9.53 Å². The number of ether oxygens (including phenoxy) is 1. The number of hydrogen-bond acceptors (Lipinski definition) is 3. The van der Waals surface area contributed by atoms with Crippen LogP contribution in [-0.4, -0.2) is 37.6 Å². The number of esters is 1. The quantitative estimate of drug-likeness (QED) is 0.446. The molecule has 4 aliphatic carbocycles. The molecule has 0 aromatic carbocycles. The Hall–Kier alpha value is -0.570. The van der Waals surface area contributed by atoms with Crippen molar-refractivity contribution in [2.75, 3.05) is 20.7 Å². The summed E-state index contributed by atoms with van der Waals surface area (Å²) in [5.41, 5.74) is 1.14. The summed E-state index contributed by atoms with van der Waals surface area (Å²) in [6.07, 6.45) is 15.5. The highest BCUT2D eigenvalue weighted by molar-refractivity contribution is 5.71. The molecule has 3 nitrogen and oxygen atoms in total. The molecule has 3 heteroatoms. The summed E-state index contributed by atoms with van der Waals surface area (Å²) in [7, 11) is 3.63. The molecule has 31 heavy (non-hydrogen) atoms. The lowest BCUT2D eigenvalue weighted by Crippen LogP contribution is -2.55. The zero-order chi connectivity index (χ0) is 22.4. The Bertz CT molecular complexity index is 649. The predicted octanol–water partition coefficient (Wildman–Crippen LogP) is 6.55. The molecule has 9 atom stereocenters. The van der Waals surface area contributed by atoms with Crippen molar-refractivity contribution < 1.29 is 9.53 Å². The first-order valence-electron chi connectivity index (χ1n) is 13.5. The van der Waals surface area contributed by atoms with Crippen LogP contribution in [0.4, 0.5) is 0 Å². The highest BCUT2D eigenvalue weighted by Crippen LogP contribution is 2.68. The average Bonchev–Trinajstić information content (AvgIpc) is 3.10. The lowest BCUT2D eigenvalue weighted by Gasteiger charge is -2.62. The van der Waals surface area contributed by atoms with Crippen LogP contribution in [0, 0.1) is 46.3 Å². The van der Waals surface area contributed by atoms with E-state index in [1.54, 1.807) is 0 Å². The number of carbonyl (C=O) groups is 1. The summed E-state index contributed by atoms with van der Waals surface area (Å²) in [6, 6.07) is 0.549. The molecule has 0 aliphatic heterocycles. The van der Waals surface area contributed by atoms with Gasteiger partial charge in [0.1, 0.15) is 0 Å². The first-order chi connectivity index (χ1) is 14.7. The van der Waals surface area contributed by atoms with Crippen LogP contribution in [0.3, 0.4) is 0 Å². The van der Waals surface area contributed by atoms with Crippen molar-refractivity contribution >= 4 is 5.97 Å². The second-order valence-electron chi connectivity index (χ2n) is 12.6. The summed E-state index contributed by atoms with van der Waals surface area (Å²) < 4.78 is 4.92. The zero-order valence-corrected chi connectivity index (χ0v) is 21.3. The van der Waals surface area contributed by atoms with E-state index in [9.17, 15) is 4.79 Å². The molecular formula is C28H49NO2. The number of hydrogen-bond donors (Lipinski definition) is 0. The Kier molecular flexibility index (Phi) is 6.84. The molecule has 178 valence electrons. The minimum Gasteiger partial charge on any atom is -0.468 e. The highest BCUT2D eigenvalue weighted by Gasteiger charge is 2.60. The molecule has 0 radical (unpaired) electrons. The van der Waals surface area contributed by atoms with Gasteiger partial charge in [-0.15, -0.1) is 0 Å². The second-order valence-corrected chi connectivity index (χ2v) is 12.6. The van der Waals surface area contributed by atoms with Gasteiger partial charge in [0, 0.05) is 6.04 Å². The standard InChI is InChI=1S/C28H49NO2/c1-7-8-19(2)23-11-12-24-22-10-9-20-17-21(29(5)18-26(30)31-6)13-15-27(20,3)25(22)14-16-28(23,24)4/h19-25H,7-18H2,1-6H3/t19-,20?,21?,22?,23-,24?,25?,27+,28-/m1/s1. The van der Waals surface area contributed by atoms with Crippen LogP contribution in [0.5, 0.6) is 0 Å². The van der Waals surface area contributed by atoms with Gasteiger partial charge in [0.05, 0.1) is 13.7 Å². The van der Waals surface area contributed by atoms with E-state index in [4.69, 9.17) is 4.74 Å². The lowest BCUT2D eigenvalue weighted by atomic mass is 9.44. The molecule has 0 amide bonds. The van der Waals surface area contributed by atoms with Gasteiger partial charge in [0.25, 0.3) is 0 Å². The molecule has 0 spiro atoms. The van der Waals surface area contributed by atoms with E-state index in [1.165, 1.54) is 77.7 Å². The van der Waals surface area contributed by atoms with E-state index in [-0.39, 0.29) is 5.97 Å². The molecule has 0 N–H and O–H groups in total. The van der Waals surface area contributed by atoms with Crippen molar-refractivity contribution in [1.82, 2.24) is 4.90 Å². The van der Waals surface area contributed by atoms with Gasteiger partial charge >= 0.3 is 5.97 Å². The van der Waals surface area contributed by atoms with Crippen molar-refractivity contribution in [3.05, 3.63) is 0 Å². The summed E-state index contributed by atoms with van der Waals surface area (Å²) >= 11 is 0. The van der Waals surface area contributed by atoms with Gasteiger partial charge in [0.15, 0.2) is 0 Å². The Morgan fingerprint density at radius 3 is 2.45 bits per heavy atom. The monoisotopic (exact) mass is 431 g/mol. The van der Waals surface area contributed by atoms with Gasteiger partial charge in [-0.25, -0.2) is 0 Å². The minimum atomic E-state index is -0.0980. The highest BCUT2D eigenvalue weighted by atomic mass is 16.5. The van der Waals surface area contributed by atoms with Crippen LogP contribution >= 0.6 is 0 Å². The molecule has 4 saturated carbocycles. The van der Waals surface area contributed by atoms with E-state index >= 15 is 0 Å². The van der Waals surface area contributed by atoms with Gasteiger partial charge in [-0.05, 0) is 111 Å². The summed E-state index contributed by atoms with van der Waals surface area (Å²) in [4.78, 5) is 14.1. The molecule has 4 fully saturated rings. The van der Waals surface area contributed by atoms with E-state index in [1.807, 2.05) is 0 Å². The first kappa shape index (κ1) is 23.6. The van der Waals surface area contributed by atoms with Crippen LogP contribution in [0.2, 0.25) is 0 Å². The SMILES string of the molecule is CCC[C@@H](C)[C@H]1CCC2C3CCC4CC(N(C)CC(=O)OC)CC[C@]4(C)C3CC[C@@]21C. The molecule has 4 aliphatic rings. The lowest BCUT2D eigenvalue weighted by molar-refractivity contribution is -0.144. The van der Waals surface area contributed by atoms with Crippen molar-refractivity contribution in [3.63, 3.8) is 0 Å². The molecule has 0 saturated heterocycles. The fourth-order valence-corrected chi connectivity index (χ4v) is 9.66.